The van der Waals surface area contributed by atoms with E-state index < -0.39 is 0 Å². The van der Waals surface area contributed by atoms with Crippen molar-refractivity contribution in [2.75, 3.05) is 23.7 Å². The van der Waals surface area contributed by atoms with E-state index in [0.717, 1.165) is 35.9 Å². The molecule has 1 aliphatic heterocycles. The van der Waals surface area contributed by atoms with Crippen LogP contribution in [0.5, 0.6) is 0 Å². The molecule has 3 nitrogen and oxygen atoms in total. The van der Waals surface area contributed by atoms with E-state index in [9.17, 15) is 0 Å². The molecule has 1 aromatic carbocycles. The van der Waals surface area contributed by atoms with Gasteiger partial charge in [0.1, 0.15) is 5.52 Å². The van der Waals surface area contributed by atoms with Gasteiger partial charge in [0.15, 0.2) is 0 Å². The number of nitrogens with zero attached hydrogens (tertiary/aromatic N) is 2. The zero-order valence-electron chi connectivity index (χ0n) is 10.0. The summed E-state index contributed by atoms with van der Waals surface area (Å²) in [5.74, 6) is 0.843. The first-order chi connectivity index (χ1) is 8.25. The summed E-state index contributed by atoms with van der Waals surface area (Å²) >= 11 is 1.65. The van der Waals surface area contributed by atoms with Crippen molar-refractivity contribution in [3.63, 3.8) is 0 Å². The van der Waals surface area contributed by atoms with E-state index in [4.69, 9.17) is 5.73 Å². The van der Waals surface area contributed by atoms with E-state index in [-0.39, 0.29) is 0 Å². The Morgan fingerprint density at radius 3 is 2.88 bits per heavy atom. The van der Waals surface area contributed by atoms with Crippen molar-refractivity contribution in [3.8, 4) is 0 Å². The molecule has 1 saturated heterocycles. The summed E-state index contributed by atoms with van der Waals surface area (Å²) < 4.78 is 1.18. The van der Waals surface area contributed by atoms with Crippen molar-refractivity contribution in [1.82, 2.24) is 4.98 Å². The monoisotopic (exact) mass is 247 g/mol. The van der Waals surface area contributed by atoms with E-state index in [1.807, 2.05) is 5.51 Å². The number of nitrogens with two attached hydrogens (primary N) is 1. The van der Waals surface area contributed by atoms with Gasteiger partial charge >= 0.3 is 0 Å². The van der Waals surface area contributed by atoms with Crippen molar-refractivity contribution in [2.24, 2.45) is 5.92 Å². The summed E-state index contributed by atoms with van der Waals surface area (Å²) in [5, 5.41) is 0. The maximum atomic E-state index is 6.23. The highest BCUT2D eigenvalue weighted by atomic mass is 32.1. The molecule has 0 atom stereocenters. The highest BCUT2D eigenvalue weighted by Gasteiger charge is 2.19. The first kappa shape index (κ1) is 10.8. The summed E-state index contributed by atoms with van der Waals surface area (Å²) in [5.41, 5.74) is 11.1. The van der Waals surface area contributed by atoms with Gasteiger partial charge in [0.2, 0.25) is 0 Å². The van der Waals surface area contributed by atoms with Crippen molar-refractivity contribution in [3.05, 3.63) is 17.6 Å². The Morgan fingerprint density at radius 1 is 1.35 bits per heavy atom. The van der Waals surface area contributed by atoms with Crippen molar-refractivity contribution < 1.29 is 0 Å². The molecule has 0 saturated carbocycles. The van der Waals surface area contributed by atoms with Crippen LogP contribution in [0.2, 0.25) is 0 Å². The lowest BCUT2D eigenvalue weighted by Crippen LogP contribution is -2.33. The molecule has 0 bridgehead atoms. The smallest absolute Gasteiger partial charge is 0.106 e. The summed E-state index contributed by atoms with van der Waals surface area (Å²) in [7, 11) is 0. The Morgan fingerprint density at radius 2 is 2.12 bits per heavy atom. The molecule has 0 radical (unpaired) electrons. The molecule has 0 spiro atoms. The van der Waals surface area contributed by atoms with E-state index in [1.54, 1.807) is 11.3 Å². The topological polar surface area (TPSA) is 42.2 Å². The highest BCUT2D eigenvalue weighted by Crippen LogP contribution is 2.34. The van der Waals surface area contributed by atoms with Gasteiger partial charge in [-0.2, -0.15) is 0 Å². The Balaban J connectivity index is 1.97. The first-order valence-corrected chi connectivity index (χ1v) is 7.00. The molecular weight excluding hydrogens is 230 g/mol. The molecule has 3 rings (SSSR count). The van der Waals surface area contributed by atoms with Crippen LogP contribution in [0.4, 0.5) is 11.4 Å². The lowest BCUT2D eigenvalue weighted by Gasteiger charge is -2.32. The van der Waals surface area contributed by atoms with E-state index >= 15 is 0 Å². The van der Waals surface area contributed by atoms with Crippen LogP contribution in [-0.2, 0) is 0 Å². The van der Waals surface area contributed by atoms with E-state index in [1.165, 1.54) is 17.5 Å². The summed E-state index contributed by atoms with van der Waals surface area (Å²) in [6.45, 7) is 4.55. The van der Waals surface area contributed by atoms with Gasteiger partial charge in [-0.25, -0.2) is 4.98 Å². The molecule has 17 heavy (non-hydrogen) atoms. The quantitative estimate of drug-likeness (QED) is 0.787. The van der Waals surface area contributed by atoms with Crippen molar-refractivity contribution >= 4 is 32.9 Å². The molecule has 4 heteroatoms. The molecule has 90 valence electrons. The lowest BCUT2D eigenvalue weighted by molar-refractivity contribution is 0.439. The molecule has 0 unspecified atom stereocenters. The van der Waals surface area contributed by atoms with Crippen LogP contribution in [0.1, 0.15) is 19.8 Å². The van der Waals surface area contributed by atoms with Crippen LogP contribution >= 0.6 is 11.3 Å². The van der Waals surface area contributed by atoms with Crippen LogP contribution in [0.25, 0.3) is 10.2 Å². The molecule has 0 aliphatic carbocycles. The minimum absolute atomic E-state index is 0.843. The van der Waals surface area contributed by atoms with Gasteiger partial charge in [-0.05, 0) is 30.9 Å². The number of fused-ring (bicyclic) bond motifs is 1. The van der Waals surface area contributed by atoms with Gasteiger partial charge in [0.05, 0.1) is 21.6 Å². The highest BCUT2D eigenvalue weighted by molar-refractivity contribution is 7.16. The maximum Gasteiger partial charge on any atom is 0.106 e. The second-order valence-electron chi connectivity index (χ2n) is 4.87. The van der Waals surface area contributed by atoms with Crippen LogP contribution in [0.15, 0.2) is 17.6 Å². The largest absolute Gasteiger partial charge is 0.395 e. The van der Waals surface area contributed by atoms with Gasteiger partial charge in [0, 0.05) is 13.1 Å². The number of aromatic nitrogens is 1. The predicted molar refractivity (Wildman–Crippen MR) is 74.6 cm³/mol. The van der Waals surface area contributed by atoms with Gasteiger partial charge in [0.25, 0.3) is 0 Å². The number of thiazole rings is 1. The number of nitrogen functional groups attached to an aromatic ring is 1. The standard InChI is InChI=1S/C13H17N3S/c1-9-4-6-16(7-5-9)10-2-3-11-13(12(10)14)15-8-17-11/h2-3,8-9H,4-7,14H2,1H3. The summed E-state index contributed by atoms with van der Waals surface area (Å²) in [4.78, 5) is 6.75. The fourth-order valence-electron chi connectivity index (χ4n) is 2.47. The third-order valence-electron chi connectivity index (χ3n) is 3.64. The first-order valence-electron chi connectivity index (χ1n) is 6.12. The van der Waals surface area contributed by atoms with Gasteiger partial charge < -0.3 is 10.6 Å². The second kappa shape index (κ2) is 4.18. The molecule has 2 aromatic rings. The Labute approximate surface area is 105 Å². The molecule has 1 aromatic heterocycles. The Hall–Kier alpha value is -1.29. The number of piperidine rings is 1. The molecule has 0 amide bonds. The number of anilines is 2. The second-order valence-corrected chi connectivity index (χ2v) is 5.75. The number of rotatable bonds is 1. The normalized spacial score (nSPS) is 17.8. The number of hydrogen-bond acceptors (Lipinski definition) is 4. The van der Waals surface area contributed by atoms with E-state index in [2.05, 4.69) is 28.9 Å². The minimum atomic E-state index is 0.843. The zero-order chi connectivity index (χ0) is 11.8. The summed E-state index contributed by atoms with van der Waals surface area (Å²) in [6.07, 6.45) is 2.52. The van der Waals surface area contributed by atoms with Gasteiger partial charge in [-0.15, -0.1) is 11.3 Å². The minimum Gasteiger partial charge on any atom is -0.395 e. The third kappa shape index (κ3) is 1.86. The van der Waals surface area contributed by atoms with Gasteiger partial charge in [-0.1, -0.05) is 6.92 Å². The molecule has 1 fully saturated rings. The lowest BCUT2D eigenvalue weighted by atomic mass is 9.98. The van der Waals surface area contributed by atoms with Crippen LogP contribution < -0.4 is 10.6 Å². The third-order valence-corrected chi connectivity index (χ3v) is 4.44. The fourth-order valence-corrected chi connectivity index (χ4v) is 3.16. The predicted octanol–water partition coefficient (Wildman–Crippen LogP) is 3.11. The van der Waals surface area contributed by atoms with E-state index in [0.29, 0.717) is 0 Å². The van der Waals surface area contributed by atoms with Crippen molar-refractivity contribution in [1.29, 1.82) is 0 Å². The van der Waals surface area contributed by atoms with Crippen LogP contribution in [-0.4, -0.2) is 18.1 Å². The average Bonchev–Trinajstić information content (AvgIpc) is 2.80. The van der Waals surface area contributed by atoms with Gasteiger partial charge in [-0.3, -0.25) is 0 Å². The number of benzene rings is 1. The number of hydrogen-bond donors (Lipinski definition) is 1. The van der Waals surface area contributed by atoms with Crippen LogP contribution in [0.3, 0.4) is 0 Å². The Bertz CT molecular complexity index is 526. The molecular formula is C13H17N3S. The molecule has 1 aliphatic rings. The van der Waals surface area contributed by atoms with Crippen LogP contribution in [0, 0.1) is 5.92 Å². The maximum absolute atomic E-state index is 6.23. The summed E-state index contributed by atoms with van der Waals surface area (Å²) in [6, 6.07) is 4.28. The average molecular weight is 247 g/mol. The fraction of sp³-hybridized carbons (Fsp3) is 0.462. The zero-order valence-corrected chi connectivity index (χ0v) is 10.8. The van der Waals surface area contributed by atoms with Crippen molar-refractivity contribution in [2.45, 2.75) is 19.8 Å². The Kier molecular flexibility index (Phi) is 2.67. The molecule has 2 heterocycles. The SMILES string of the molecule is CC1CCN(c2ccc3scnc3c2N)CC1. The molecule has 2 N–H and O–H groups in total.